The van der Waals surface area contributed by atoms with Crippen LogP contribution >= 0.6 is 11.3 Å². The van der Waals surface area contributed by atoms with Crippen molar-refractivity contribution in [2.24, 2.45) is 5.92 Å². The van der Waals surface area contributed by atoms with Crippen LogP contribution in [0.4, 0.5) is 13.2 Å². The van der Waals surface area contributed by atoms with Crippen LogP contribution in [0.25, 0.3) is 0 Å². The van der Waals surface area contributed by atoms with Gasteiger partial charge in [0.1, 0.15) is 12.6 Å². The van der Waals surface area contributed by atoms with Gasteiger partial charge in [-0.3, -0.25) is 4.79 Å². The molecule has 7 heteroatoms. The standard InChI is InChI=1S/C13H15F3N2OS/c1-8(2)9(3)18(7-13(14,15)16)12(19)11-4-10(5-17)6-20-11/h4,6,8-9H,7H2,1-3H3/t9-/m1/s1. The lowest BCUT2D eigenvalue weighted by Crippen LogP contribution is -2.46. The molecule has 0 unspecified atom stereocenters. The van der Waals surface area contributed by atoms with E-state index < -0.39 is 24.7 Å². The number of nitriles is 1. The summed E-state index contributed by atoms with van der Waals surface area (Å²) < 4.78 is 37.9. The second-order valence-electron chi connectivity index (χ2n) is 4.84. The molecule has 1 heterocycles. The van der Waals surface area contributed by atoms with Crippen LogP contribution in [0.5, 0.6) is 0 Å². The summed E-state index contributed by atoms with van der Waals surface area (Å²) in [6.45, 7) is 3.82. The lowest BCUT2D eigenvalue weighted by molar-refractivity contribution is -0.145. The molecule has 0 aliphatic carbocycles. The lowest BCUT2D eigenvalue weighted by Gasteiger charge is -2.32. The van der Waals surface area contributed by atoms with Gasteiger partial charge in [-0.2, -0.15) is 18.4 Å². The zero-order valence-electron chi connectivity index (χ0n) is 11.4. The van der Waals surface area contributed by atoms with E-state index in [-0.39, 0.29) is 16.4 Å². The van der Waals surface area contributed by atoms with Gasteiger partial charge in [0.25, 0.3) is 5.91 Å². The highest BCUT2D eigenvalue weighted by Crippen LogP contribution is 2.24. The molecule has 1 rings (SSSR count). The van der Waals surface area contributed by atoms with Crippen molar-refractivity contribution in [1.29, 1.82) is 5.26 Å². The van der Waals surface area contributed by atoms with Crippen molar-refractivity contribution in [3.05, 3.63) is 21.9 Å². The van der Waals surface area contributed by atoms with Gasteiger partial charge in [-0.05, 0) is 18.9 Å². The summed E-state index contributed by atoms with van der Waals surface area (Å²) in [6.07, 6.45) is -4.45. The van der Waals surface area contributed by atoms with Crippen LogP contribution in [0.3, 0.4) is 0 Å². The van der Waals surface area contributed by atoms with E-state index in [0.717, 1.165) is 16.2 Å². The van der Waals surface area contributed by atoms with E-state index in [4.69, 9.17) is 5.26 Å². The number of hydrogen-bond acceptors (Lipinski definition) is 3. The second-order valence-corrected chi connectivity index (χ2v) is 5.76. The number of carbonyl (C=O) groups excluding carboxylic acids is 1. The summed E-state index contributed by atoms with van der Waals surface area (Å²) in [7, 11) is 0. The first-order chi connectivity index (χ1) is 9.15. The molecule has 1 atom stereocenters. The van der Waals surface area contributed by atoms with E-state index in [1.807, 2.05) is 6.07 Å². The minimum Gasteiger partial charge on any atom is -0.326 e. The summed E-state index contributed by atoms with van der Waals surface area (Å²) in [5.41, 5.74) is 0.280. The number of carbonyl (C=O) groups is 1. The summed E-state index contributed by atoms with van der Waals surface area (Å²) >= 11 is 0.985. The van der Waals surface area contributed by atoms with Gasteiger partial charge in [-0.15, -0.1) is 11.3 Å². The van der Waals surface area contributed by atoms with Crippen LogP contribution in [0.2, 0.25) is 0 Å². The summed E-state index contributed by atoms with van der Waals surface area (Å²) in [6, 6.07) is 2.64. The summed E-state index contributed by atoms with van der Waals surface area (Å²) in [5.74, 6) is -0.785. The van der Waals surface area contributed by atoms with Crippen LogP contribution in [0.1, 0.15) is 36.0 Å². The molecule has 110 valence electrons. The first-order valence-corrected chi connectivity index (χ1v) is 6.90. The molecular weight excluding hydrogens is 289 g/mol. The summed E-state index contributed by atoms with van der Waals surface area (Å²) in [4.78, 5) is 13.2. The van der Waals surface area contributed by atoms with Gasteiger partial charge in [0.05, 0.1) is 10.4 Å². The van der Waals surface area contributed by atoms with Crippen LogP contribution in [-0.2, 0) is 0 Å². The van der Waals surface area contributed by atoms with Crippen molar-refractivity contribution >= 4 is 17.2 Å². The van der Waals surface area contributed by atoms with Gasteiger partial charge in [0, 0.05) is 11.4 Å². The monoisotopic (exact) mass is 304 g/mol. The predicted molar refractivity (Wildman–Crippen MR) is 70.4 cm³/mol. The Bertz CT molecular complexity index is 516. The van der Waals surface area contributed by atoms with Crippen molar-refractivity contribution in [3.63, 3.8) is 0 Å². The predicted octanol–water partition coefficient (Wildman–Crippen LogP) is 3.67. The minimum atomic E-state index is -4.45. The molecule has 0 radical (unpaired) electrons. The average molecular weight is 304 g/mol. The zero-order chi connectivity index (χ0) is 15.5. The average Bonchev–Trinajstić information content (AvgIpc) is 2.81. The van der Waals surface area contributed by atoms with Crippen molar-refractivity contribution in [2.75, 3.05) is 6.54 Å². The van der Waals surface area contributed by atoms with Crippen LogP contribution < -0.4 is 0 Å². The number of nitrogens with zero attached hydrogens (tertiary/aromatic N) is 2. The molecular formula is C13H15F3N2OS. The highest BCUT2D eigenvalue weighted by molar-refractivity contribution is 7.12. The Balaban J connectivity index is 3.03. The van der Waals surface area contributed by atoms with E-state index in [0.29, 0.717) is 0 Å². The molecule has 0 aliphatic rings. The first kappa shape index (κ1) is 16.5. The maximum atomic E-state index is 12.6. The Morgan fingerprint density at radius 2 is 2.05 bits per heavy atom. The molecule has 0 fully saturated rings. The Hall–Kier alpha value is -1.55. The lowest BCUT2D eigenvalue weighted by atomic mass is 10.0. The number of alkyl halides is 3. The van der Waals surface area contributed by atoms with Crippen LogP contribution in [-0.4, -0.2) is 29.6 Å². The molecule has 0 spiro atoms. The smallest absolute Gasteiger partial charge is 0.326 e. The summed E-state index contributed by atoms with van der Waals surface area (Å²) in [5, 5.41) is 10.2. The maximum Gasteiger partial charge on any atom is 0.406 e. The topological polar surface area (TPSA) is 44.1 Å². The molecule has 0 aliphatic heterocycles. The van der Waals surface area contributed by atoms with Gasteiger partial charge >= 0.3 is 6.18 Å². The molecule has 0 bridgehead atoms. The van der Waals surface area contributed by atoms with Gasteiger partial charge < -0.3 is 4.90 Å². The van der Waals surface area contributed by atoms with Gasteiger partial charge in [-0.25, -0.2) is 0 Å². The fraction of sp³-hybridized carbons (Fsp3) is 0.538. The molecule has 1 aromatic heterocycles. The molecule has 20 heavy (non-hydrogen) atoms. The Labute approximate surface area is 119 Å². The van der Waals surface area contributed by atoms with E-state index in [9.17, 15) is 18.0 Å². The van der Waals surface area contributed by atoms with Gasteiger partial charge in [0.2, 0.25) is 0 Å². The van der Waals surface area contributed by atoms with E-state index >= 15 is 0 Å². The molecule has 3 nitrogen and oxygen atoms in total. The number of rotatable bonds is 4. The minimum absolute atomic E-state index is 0.100. The highest BCUT2D eigenvalue weighted by atomic mass is 32.1. The van der Waals surface area contributed by atoms with Crippen molar-refractivity contribution in [3.8, 4) is 6.07 Å². The molecule has 1 amide bonds. The SMILES string of the molecule is CC(C)[C@@H](C)N(CC(F)(F)F)C(=O)c1cc(C#N)cs1. The largest absolute Gasteiger partial charge is 0.406 e. The molecule has 1 aromatic rings. The Morgan fingerprint density at radius 3 is 2.45 bits per heavy atom. The Kier molecular flexibility index (Phi) is 5.17. The molecule has 0 aromatic carbocycles. The quantitative estimate of drug-likeness (QED) is 0.852. The fourth-order valence-electron chi connectivity index (χ4n) is 1.60. The number of halogens is 3. The van der Waals surface area contributed by atoms with Crippen LogP contribution in [0.15, 0.2) is 11.4 Å². The van der Waals surface area contributed by atoms with Crippen molar-refractivity contribution in [2.45, 2.75) is 33.0 Å². The maximum absolute atomic E-state index is 12.6. The molecule has 0 N–H and O–H groups in total. The molecule has 0 saturated heterocycles. The third kappa shape index (κ3) is 4.23. The first-order valence-electron chi connectivity index (χ1n) is 6.02. The van der Waals surface area contributed by atoms with E-state index in [1.54, 1.807) is 20.8 Å². The highest BCUT2D eigenvalue weighted by Gasteiger charge is 2.36. The fourth-order valence-corrected chi connectivity index (χ4v) is 2.39. The number of amides is 1. The van der Waals surface area contributed by atoms with E-state index in [2.05, 4.69) is 0 Å². The Morgan fingerprint density at radius 1 is 1.45 bits per heavy atom. The second kappa shape index (κ2) is 6.27. The number of thiophene rings is 1. The third-order valence-corrected chi connectivity index (χ3v) is 3.92. The zero-order valence-corrected chi connectivity index (χ0v) is 12.2. The normalized spacial score (nSPS) is 13.1. The van der Waals surface area contributed by atoms with Crippen LogP contribution in [0, 0.1) is 17.2 Å². The van der Waals surface area contributed by atoms with Crippen molar-refractivity contribution < 1.29 is 18.0 Å². The van der Waals surface area contributed by atoms with Crippen molar-refractivity contribution in [1.82, 2.24) is 4.90 Å². The van der Waals surface area contributed by atoms with E-state index in [1.165, 1.54) is 11.4 Å². The molecule has 0 saturated carbocycles. The van der Waals surface area contributed by atoms with Gasteiger partial charge in [0.15, 0.2) is 0 Å². The van der Waals surface area contributed by atoms with Gasteiger partial charge in [-0.1, -0.05) is 13.8 Å². The third-order valence-electron chi connectivity index (χ3n) is 3.01. The number of hydrogen-bond donors (Lipinski definition) is 0.